The molecule has 2 aromatic rings. The molecular formula is C15H9F3N2O5. The minimum atomic E-state index is -5.16. The van der Waals surface area contributed by atoms with Crippen LogP contribution in [0.25, 0.3) is 10.8 Å². The van der Waals surface area contributed by atoms with Gasteiger partial charge in [0.1, 0.15) is 0 Å². The normalized spacial score (nSPS) is 16.8. The number of alkyl halides is 3. The number of halogens is 3. The fraction of sp³-hybridized carbons (Fsp3) is 0.200. The van der Waals surface area contributed by atoms with E-state index in [0.717, 1.165) is 6.07 Å². The molecular weight excluding hydrogens is 345 g/mol. The highest BCUT2D eigenvalue weighted by Gasteiger charge is 2.49. The number of carboxylic acid groups (broad SMARTS) is 1. The van der Waals surface area contributed by atoms with Crippen molar-refractivity contribution in [2.45, 2.75) is 12.2 Å². The van der Waals surface area contributed by atoms with Crippen molar-refractivity contribution in [1.29, 1.82) is 0 Å². The van der Waals surface area contributed by atoms with Crippen molar-refractivity contribution in [2.24, 2.45) is 0 Å². The summed E-state index contributed by atoms with van der Waals surface area (Å²) in [6.07, 6.45) is -5.16. The Morgan fingerprint density at radius 3 is 2.48 bits per heavy atom. The number of nitro groups is 1. The average molecular weight is 354 g/mol. The summed E-state index contributed by atoms with van der Waals surface area (Å²) in [7, 11) is 0. The molecule has 0 saturated carbocycles. The number of carboxylic acids is 1. The van der Waals surface area contributed by atoms with Gasteiger partial charge in [0.25, 0.3) is 6.04 Å². The molecule has 1 atom stereocenters. The second-order valence-electron chi connectivity index (χ2n) is 5.45. The summed E-state index contributed by atoms with van der Waals surface area (Å²) in [4.78, 5) is 33.5. The Kier molecular flexibility index (Phi) is 3.62. The lowest BCUT2D eigenvalue weighted by molar-refractivity contribution is -0.523. The lowest BCUT2D eigenvalue weighted by Crippen LogP contribution is -2.41. The first kappa shape index (κ1) is 16.7. The minimum Gasteiger partial charge on any atom is -0.478 e. The summed E-state index contributed by atoms with van der Waals surface area (Å²) in [6.45, 7) is -0.736. The highest BCUT2D eigenvalue weighted by molar-refractivity contribution is 6.04. The topological polar surface area (TPSA) is 101 Å². The fourth-order valence-corrected chi connectivity index (χ4v) is 2.94. The first-order chi connectivity index (χ1) is 11.6. The van der Waals surface area contributed by atoms with Crippen LogP contribution < -0.4 is 4.90 Å². The highest BCUT2D eigenvalue weighted by Crippen LogP contribution is 2.43. The van der Waals surface area contributed by atoms with E-state index in [9.17, 15) is 32.9 Å². The molecule has 0 aliphatic carbocycles. The number of amides is 1. The van der Waals surface area contributed by atoms with Crippen LogP contribution in [0.1, 0.15) is 22.0 Å². The molecule has 0 fully saturated rings. The van der Waals surface area contributed by atoms with Crippen molar-refractivity contribution in [1.82, 2.24) is 0 Å². The molecule has 0 aromatic heterocycles. The average Bonchev–Trinajstić information content (AvgIpc) is 2.92. The van der Waals surface area contributed by atoms with Crippen molar-refractivity contribution in [3.05, 3.63) is 51.6 Å². The second-order valence-corrected chi connectivity index (χ2v) is 5.45. The molecule has 25 heavy (non-hydrogen) atoms. The van der Waals surface area contributed by atoms with Gasteiger partial charge in [0.15, 0.2) is 0 Å². The van der Waals surface area contributed by atoms with E-state index in [-0.39, 0.29) is 22.2 Å². The summed E-state index contributed by atoms with van der Waals surface area (Å²) in [5.74, 6) is -3.39. The number of rotatable bonds is 2. The van der Waals surface area contributed by atoms with E-state index in [4.69, 9.17) is 5.11 Å². The molecule has 1 aliphatic rings. The van der Waals surface area contributed by atoms with Gasteiger partial charge in [0.05, 0.1) is 23.4 Å². The number of aromatic carboxylic acids is 1. The van der Waals surface area contributed by atoms with Gasteiger partial charge in [-0.3, -0.25) is 19.8 Å². The van der Waals surface area contributed by atoms with Gasteiger partial charge in [0.2, 0.25) is 0 Å². The van der Waals surface area contributed by atoms with E-state index < -0.39 is 35.6 Å². The molecule has 1 heterocycles. The van der Waals surface area contributed by atoms with Gasteiger partial charge in [-0.15, -0.1) is 0 Å². The zero-order valence-electron chi connectivity index (χ0n) is 12.3. The zero-order chi connectivity index (χ0) is 18.5. The molecule has 10 heteroatoms. The zero-order valence-corrected chi connectivity index (χ0v) is 12.3. The van der Waals surface area contributed by atoms with Crippen LogP contribution in [0.3, 0.4) is 0 Å². The van der Waals surface area contributed by atoms with Crippen LogP contribution in [0.4, 0.5) is 18.9 Å². The number of carbonyl (C=O) groups is 2. The third kappa shape index (κ3) is 2.65. The largest absolute Gasteiger partial charge is 0.478 e. The van der Waals surface area contributed by atoms with Crippen LogP contribution in [-0.4, -0.2) is 34.6 Å². The Labute approximate surface area is 137 Å². The monoisotopic (exact) mass is 354 g/mol. The van der Waals surface area contributed by atoms with Gasteiger partial charge >= 0.3 is 18.1 Å². The molecule has 1 N–H and O–H groups in total. The molecule has 1 amide bonds. The maximum absolute atomic E-state index is 12.8. The van der Waals surface area contributed by atoms with Crippen molar-refractivity contribution >= 4 is 28.3 Å². The standard InChI is InChI=1S/C15H9F3N2O5/c16-15(17,18)14(23)19-6-11(20(24)25)12-9-3-1-8(13(21)22)5-7(9)2-4-10(12)19/h1-5,11H,6H2,(H,21,22). The Morgan fingerprint density at radius 2 is 1.92 bits per heavy atom. The number of nitrogens with zero attached hydrogens (tertiary/aromatic N) is 2. The van der Waals surface area contributed by atoms with Crippen molar-refractivity contribution in [3.8, 4) is 0 Å². The molecule has 0 bridgehead atoms. The summed E-state index contributed by atoms with van der Waals surface area (Å²) in [6, 6.07) is 4.74. The molecule has 3 rings (SSSR count). The molecule has 0 radical (unpaired) electrons. The Hall–Kier alpha value is -3.17. The number of benzene rings is 2. The number of hydrogen-bond acceptors (Lipinski definition) is 4. The van der Waals surface area contributed by atoms with Gasteiger partial charge in [0, 0.05) is 4.92 Å². The Morgan fingerprint density at radius 1 is 1.24 bits per heavy atom. The van der Waals surface area contributed by atoms with E-state index in [1.807, 2.05) is 0 Å². The molecule has 130 valence electrons. The first-order valence-electron chi connectivity index (χ1n) is 6.93. The molecule has 1 aliphatic heterocycles. The molecule has 0 spiro atoms. The van der Waals surface area contributed by atoms with Crippen LogP contribution >= 0.6 is 0 Å². The van der Waals surface area contributed by atoms with Crippen molar-refractivity contribution in [2.75, 3.05) is 11.4 Å². The van der Waals surface area contributed by atoms with Gasteiger partial charge in [-0.25, -0.2) is 4.79 Å². The van der Waals surface area contributed by atoms with Crippen molar-refractivity contribution < 1.29 is 32.8 Å². The molecule has 2 aromatic carbocycles. The van der Waals surface area contributed by atoms with E-state index in [2.05, 4.69) is 0 Å². The SMILES string of the molecule is O=C(O)c1ccc2c3c(ccc2c1)N(C(=O)C(F)(F)F)CC3[N+](=O)[O-]. The number of anilines is 1. The Bertz CT molecular complexity index is 925. The maximum atomic E-state index is 12.8. The number of fused-ring (bicyclic) bond motifs is 3. The Balaban J connectivity index is 2.23. The van der Waals surface area contributed by atoms with Crippen LogP contribution in [0, 0.1) is 10.1 Å². The predicted octanol–water partition coefficient (Wildman–Crippen LogP) is 2.76. The summed E-state index contributed by atoms with van der Waals surface area (Å²) < 4.78 is 38.3. The van der Waals surface area contributed by atoms with E-state index in [0.29, 0.717) is 10.3 Å². The third-order valence-corrected chi connectivity index (χ3v) is 4.01. The summed E-state index contributed by atoms with van der Waals surface area (Å²) >= 11 is 0. The fourth-order valence-electron chi connectivity index (χ4n) is 2.94. The first-order valence-corrected chi connectivity index (χ1v) is 6.93. The van der Waals surface area contributed by atoms with Crippen molar-refractivity contribution in [3.63, 3.8) is 0 Å². The van der Waals surface area contributed by atoms with Crippen LogP contribution in [0.2, 0.25) is 0 Å². The lowest BCUT2D eigenvalue weighted by atomic mass is 9.98. The van der Waals surface area contributed by atoms with Gasteiger partial charge in [-0.05, 0) is 29.0 Å². The maximum Gasteiger partial charge on any atom is 0.471 e. The van der Waals surface area contributed by atoms with Crippen LogP contribution in [-0.2, 0) is 4.79 Å². The third-order valence-electron chi connectivity index (χ3n) is 4.01. The minimum absolute atomic E-state index is 0.0305. The van der Waals surface area contributed by atoms with Gasteiger partial charge in [-0.1, -0.05) is 12.1 Å². The van der Waals surface area contributed by atoms with Crippen LogP contribution in [0.5, 0.6) is 0 Å². The van der Waals surface area contributed by atoms with Gasteiger partial charge < -0.3 is 5.11 Å². The summed E-state index contributed by atoms with van der Waals surface area (Å²) in [5.41, 5.74) is -0.289. The quantitative estimate of drug-likeness (QED) is 0.660. The second kappa shape index (κ2) is 5.43. The van der Waals surface area contributed by atoms with E-state index in [1.54, 1.807) is 0 Å². The van der Waals surface area contributed by atoms with E-state index in [1.165, 1.54) is 24.3 Å². The molecule has 7 nitrogen and oxygen atoms in total. The molecule has 0 saturated heterocycles. The number of hydrogen-bond donors (Lipinski definition) is 1. The number of carbonyl (C=O) groups excluding carboxylic acids is 1. The highest BCUT2D eigenvalue weighted by atomic mass is 19.4. The summed E-state index contributed by atoms with van der Waals surface area (Å²) in [5, 5.41) is 20.9. The van der Waals surface area contributed by atoms with Crippen LogP contribution in [0.15, 0.2) is 30.3 Å². The smallest absolute Gasteiger partial charge is 0.471 e. The predicted molar refractivity (Wildman–Crippen MR) is 79.1 cm³/mol. The molecule has 1 unspecified atom stereocenters. The van der Waals surface area contributed by atoms with Gasteiger partial charge in [-0.2, -0.15) is 13.2 Å². The van der Waals surface area contributed by atoms with E-state index >= 15 is 0 Å². The lowest BCUT2D eigenvalue weighted by Gasteiger charge is -2.18.